The second kappa shape index (κ2) is 9.03. The molecular formula is C11H21ClN5O4+. The van der Waals surface area contributed by atoms with Crippen molar-refractivity contribution < 1.29 is 20.4 Å². The van der Waals surface area contributed by atoms with Gasteiger partial charge in [-0.2, -0.15) is 4.98 Å². The van der Waals surface area contributed by atoms with Gasteiger partial charge in [0.1, 0.15) is 19.6 Å². The molecule has 9 nitrogen and oxygen atoms in total. The number of halogens is 1. The van der Waals surface area contributed by atoms with Crippen LogP contribution in [0.1, 0.15) is 0 Å². The van der Waals surface area contributed by atoms with Gasteiger partial charge < -0.3 is 25.7 Å². The van der Waals surface area contributed by atoms with Crippen molar-refractivity contribution in [2.45, 2.75) is 0 Å². The number of rotatable bonds is 10. The minimum Gasteiger partial charge on any atom is -0.395 e. The molecule has 1 heterocycles. The third-order valence-electron chi connectivity index (χ3n) is 3.00. The summed E-state index contributed by atoms with van der Waals surface area (Å²) in [5.41, 5.74) is 0. The molecule has 5 N–H and O–H groups in total. The monoisotopic (exact) mass is 322 g/mol. The smallest absolute Gasteiger partial charge is 0.335 e. The molecule has 0 radical (unpaired) electrons. The fourth-order valence-electron chi connectivity index (χ4n) is 2.01. The maximum Gasteiger partial charge on any atom is 0.335 e. The number of hydrogen-bond acceptors (Lipinski definition) is 8. The van der Waals surface area contributed by atoms with Gasteiger partial charge in [-0.25, -0.2) is 0 Å². The van der Waals surface area contributed by atoms with Crippen LogP contribution in [0.25, 0.3) is 0 Å². The van der Waals surface area contributed by atoms with Crippen LogP contribution in [0.15, 0.2) is 0 Å². The summed E-state index contributed by atoms with van der Waals surface area (Å²) < 4.78 is -0.0143. The molecule has 0 aliphatic heterocycles. The molecule has 0 unspecified atom stereocenters. The molecular weight excluding hydrogens is 302 g/mol. The first-order valence-corrected chi connectivity index (χ1v) is 6.95. The van der Waals surface area contributed by atoms with Gasteiger partial charge in [-0.1, -0.05) is 0 Å². The van der Waals surface area contributed by atoms with Gasteiger partial charge in [-0.15, -0.1) is 9.97 Å². The van der Waals surface area contributed by atoms with Crippen LogP contribution in [0.4, 0.5) is 11.9 Å². The molecule has 0 atom stereocenters. The summed E-state index contributed by atoms with van der Waals surface area (Å²) in [5, 5.41) is 39.3. The molecule has 10 heteroatoms. The molecule has 1 aromatic rings. The highest BCUT2D eigenvalue weighted by molar-refractivity contribution is 6.28. The molecule has 120 valence electrons. The van der Waals surface area contributed by atoms with Crippen molar-refractivity contribution in [1.82, 2.24) is 19.4 Å². The van der Waals surface area contributed by atoms with Crippen LogP contribution < -0.4 is 9.80 Å². The van der Waals surface area contributed by atoms with E-state index in [9.17, 15) is 15.3 Å². The average Bonchev–Trinajstić information content (AvgIpc) is 2.45. The van der Waals surface area contributed by atoms with Crippen LogP contribution in [-0.2, 0) is 0 Å². The first kappa shape index (κ1) is 18.0. The molecule has 0 aliphatic rings. The van der Waals surface area contributed by atoms with E-state index < -0.39 is 0 Å². The minimum absolute atomic E-state index is 0.0143. The molecule has 0 saturated carbocycles. The van der Waals surface area contributed by atoms with Crippen LogP contribution in [0.3, 0.4) is 0 Å². The maximum atomic E-state index is 9.26. The number of aliphatic hydroxyl groups is 4. The molecule has 0 saturated heterocycles. The zero-order valence-corrected chi connectivity index (χ0v) is 12.4. The summed E-state index contributed by atoms with van der Waals surface area (Å²) in [7, 11) is 0. The Morgan fingerprint density at radius 3 is 1.90 bits per heavy atom. The lowest BCUT2D eigenvalue weighted by molar-refractivity contribution is 0.132. The number of aliphatic hydroxyl groups excluding tert-OH is 4. The Hall–Kier alpha value is -1.10. The Labute approximate surface area is 127 Å². The van der Waals surface area contributed by atoms with E-state index in [-0.39, 0.29) is 74.3 Å². The quantitative estimate of drug-likeness (QED) is 0.319. The van der Waals surface area contributed by atoms with Gasteiger partial charge in [-0.05, 0) is 11.6 Å². The van der Waals surface area contributed by atoms with Gasteiger partial charge in [0.2, 0.25) is 11.2 Å². The number of anilines is 1. The van der Waals surface area contributed by atoms with Crippen molar-refractivity contribution in [3.63, 3.8) is 0 Å². The second-order valence-corrected chi connectivity index (χ2v) is 4.70. The third kappa shape index (κ3) is 4.99. The summed E-state index contributed by atoms with van der Waals surface area (Å²) in [4.78, 5) is 12.1. The second-order valence-electron chi connectivity index (χ2n) is 4.37. The molecule has 0 amide bonds. The normalized spacial score (nSPS) is 11.7. The molecule has 0 spiro atoms. The van der Waals surface area contributed by atoms with Crippen LogP contribution >= 0.6 is 11.6 Å². The summed E-state index contributed by atoms with van der Waals surface area (Å²) in [6, 6.07) is 0. The number of nitrogens with one attached hydrogen (secondary N) is 1. The van der Waals surface area contributed by atoms with Crippen LogP contribution in [0, 0.1) is 0 Å². The molecule has 0 aromatic carbocycles. The maximum absolute atomic E-state index is 9.26. The van der Waals surface area contributed by atoms with Gasteiger partial charge in [-0.3, -0.25) is 4.48 Å². The Morgan fingerprint density at radius 1 is 0.857 bits per heavy atom. The van der Waals surface area contributed by atoms with E-state index in [1.54, 1.807) is 0 Å². The van der Waals surface area contributed by atoms with Gasteiger partial charge >= 0.3 is 5.95 Å². The van der Waals surface area contributed by atoms with Crippen molar-refractivity contribution in [2.24, 2.45) is 0 Å². The Bertz CT molecular complexity index is 420. The summed E-state index contributed by atoms with van der Waals surface area (Å²) in [5.74, 6) is 0.433. The van der Waals surface area contributed by atoms with Crippen LogP contribution in [0.2, 0.25) is 5.28 Å². The summed E-state index contributed by atoms with van der Waals surface area (Å²) >= 11 is 5.87. The highest BCUT2D eigenvalue weighted by atomic mass is 35.5. The number of quaternary nitrogens is 1. The number of aromatic nitrogens is 3. The van der Waals surface area contributed by atoms with Crippen molar-refractivity contribution in [1.29, 1.82) is 0 Å². The SMILES string of the molecule is OCCNc1nc(Cl)nc([N+](CCO)(CCO)CCO)n1. The Balaban J connectivity index is 3.18. The number of hydrogen-bond donors (Lipinski definition) is 5. The topological polar surface area (TPSA) is 132 Å². The molecule has 0 bridgehead atoms. The minimum atomic E-state index is -0.164. The van der Waals surface area contributed by atoms with Crippen molar-refractivity contribution in [3.05, 3.63) is 5.28 Å². The van der Waals surface area contributed by atoms with Crippen molar-refractivity contribution in [3.8, 4) is 0 Å². The Morgan fingerprint density at radius 2 is 1.43 bits per heavy atom. The summed E-state index contributed by atoms with van der Waals surface area (Å²) in [6.45, 7) is 0.332. The van der Waals surface area contributed by atoms with Crippen LogP contribution in [-0.4, -0.2) is 88.0 Å². The lowest BCUT2D eigenvalue weighted by Crippen LogP contribution is -2.55. The van der Waals surface area contributed by atoms with Crippen molar-refractivity contribution >= 4 is 23.5 Å². The highest BCUT2D eigenvalue weighted by Gasteiger charge is 2.33. The molecule has 0 aliphatic carbocycles. The lowest BCUT2D eigenvalue weighted by atomic mass is 10.3. The van der Waals surface area contributed by atoms with Gasteiger partial charge in [0.15, 0.2) is 0 Å². The molecule has 21 heavy (non-hydrogen) atoms. The first-order chi connectivity index (χ1) is 10.1. The fraction of sp³-hybridized carbons (Fsp3) is 0.727. The highest BCUT2D eigenvalue weighted by Crippen LogP contribution is 2.21. The third-order valence-corrected chi connectivity index (χ3v) is 3.17. The van der Waals surface area contributed by atoms with E-state index in [2.05, 4.69) is 20.3 Å². The predicted octanol–water partition coefficient (Wildman–Crippen LogP) is -1.79. The van der Waals surface area contributed by atoms with Gasteiger partial charge in [0, 0.05) is 6.54 Å². The van der Waals surface area contributed by atoms with E-state index in [1.807, 2.05) is 0 Å². The standard InChI is InChI=1S/C11H21ClN5O4/c12-9-14-10(13-1-5-18)16-11(15-9)17(2-6-19,3-7-20)4-8-21/h18-21H,1-8H2,(H,13,14,15,16)/q+1. The molecule has 1 rings (SSSR count). The van der Waals surface area contributed by atoms with Crippen LogP contribution in [0.5, 0.6) is 0 Å². The Kier molecular flexibility index (Phi) is 7.72. The molecule has 1 aromatic heterocycles. The summed E-state index contributed by atoms with van der Waals surface area (Å²) in [6.07, 6.45) is 0. The largest absolute Gasteiger partial charge is 0.395 e. The zero-order valence-electron chi connectivity index (χ0n) is 11.6. The fourth-order valence-corrected chi connectivity index (χ4v) is 2.16. The molecule has 0 fully saturated rings. The predicted molar refractivity (Wildman–Crippen MR) is 78.1 cm³/mol. The van der Waals surface area contributed by atoms with E-state index in [1.165, 1.54) is 0 Å². The number of nitrogens with zero attached hydrogens (tertiary/aromatic N) is 4. The van der Waals surface area contributed by atoms with Gasteiger partial charge in [0.05, 0.1) is 26.4 Å². The van der Waals surface area contributed by atoms with E-state index >= 15 is 0 Å². The first-order valence-electron chi connectivity index (χ1n) is 6.57. The zero-order chi connectivity index (χ0) is 15.7. The van der Waals surface area contributed by atoms with Gasteiger partial charge in [0.25, 0.3) is 0 Å². The lowest BCUT2D eigenvalue weighted by Gasteiger charge is -2.34. The van der Waals surface area contributed by atoms with E-state index in [0.717, 1.165) is 0 Å². The van der Waals surface area contributed by atoms with Crippen molar-refractivity contribution in [2.75, 3.05) is 57.9 Å². The van der Waals surface area contributed by atoms with E-state index in [4.69, 9.17) is 16.7 Å². The van der Waals surface area contributed by atoms with E-state index in [0.29, 0.717) is 0 Å². The average molecular weight is 323 g/mol.